The molecule has 0 spiro atoms. The number of fused-ring (bicyclic) bond motifs is 2. The molecule has 2 atom stereocenters. The Morgan fingerprint density at radius 2 is 1.03 bits per heavy atom. The first kappa shape index (κ1) is 80.6. The van der Waals surface area contributed by atoms with Gasteiger partial charge in [0.2, 0.25) is 23.6 Å². The van der Waals surface area contributed by atoms with Crippen LogP contribution in [0.3, 0.4) is 0 Å². The highest BCUT2D eigenvalue weighted by atomic mass is 16.5. The maximum Gasteiger partial charge on any atom is 0.322 e. The Morgan fingerprint density at radius 1 is 0.591 bits per heavy atom. The van der Waals surface area contributed by atoms with E-state index in [2.05, 4.69) is 58.2 Å². The van der Waals surface area contributed by atoms with E-state index in [1.165, 1.54) is 0 Å². The van der Waals surface area contributed by atoms with Crippen LogP contribution in [0.1, 0.15) is 163 Å². The number of piperidine rings is 2. The molecule has 34 heteroatoms. The summed E-state index contributed by atoms with van der Waals surface area (Å²) in [5.41, 5.74) is 18.1. The third kappa shape index (κ3) is 21.8. The first-order valence-electron chi connectivity index (χ1n) is 35.4. The minimum absolute atomic E-state index is 0.0606. The Morgan fingerprint density at radius 3 is 1.45 bits per heavy atom. The van der Waals surface area contributed by atoms with E-state index in [0.29, 0.717) is 104 Å². The molecular formula is C76H82N18O16. The summed E-state index contributed by atoms with van der Waals surface area (Å²) in [6.45, 7) is 7.17. The maximum absolute atomic E-state index is 13.2. The number of terminal acetylenes is 1. The van der Waals surface area contributed by atoms with Crippen molar-refractivity contribution in [2.24, 2.45) is 5.11 Å². The number of rotatable bonds is 31. The number of urea groups is 2. The summed E-state index contributed by atoms with van der Waals surface area (Å²) in [4.78, 5) is 155. The quantitative estimate of drug-likeness (QED) is 0.00283. The molecule has 0 bridgehead atoms. The van der Waals surface area contributed by atoms with E-state index in [-0.39, 0.29) is 73.5 Å². The summed E-state index contributed by atoms with van der Waals surface area (Å²) < 4.78 is 12.7. The summed E-state index contributed by atoms with van der Waals surface area (Å²) in [6.07, 6.45) is 13.7. The normalized spacial score (nSPS) is 14.6. The molecule has 1 aromatic heterocycles. The largest absolute Gasteiger partial charge is 0.488 e. The molecule has 572 valence electrons. The number of ether oxygens (including phenoxy) is 2. The van der Waals surface area contributed by atoms with Crippen molar-refractivity contribution in [2.75, 3.05) is 54.2 Å². The lowest BCUT2D eigenvalue weighted by molar-refractivity contribution is -0.137. The highest BCUT2D eigenvalue weighted by molar-refractivity contribution is 6.25. The van der Waals surface area contributed by atoms with Gasteiger partial charge in [0.15, 0.2) is 13.5 Å². The summed E-state index contributed by atoms with van der Waals surface area (Å²) in [5, 5.41) is 45.7. The number of nitrogens with zero attached hydrogens (tertiary/aromatic N) is 10. The van der Waals surface area contributed by atoms with Crippen LogP contribution >= 0.6 is 0 Å². The molecule has 2 saturated heterocycles. The number of carbonyl (C=O) groups is 12. The number of nitrogens with one attached hydrogen (secondary N) is 8. The van der Waals surface area contributed by atoms with E-state index in [1.807, 2.05) is 13.8 Å². The highest BCUT2D eigenvalue weighted by Gasteiger charge is 2.46. The molecule has 14 amide bonds. The van der Waals surface area contributed by atoms with Gasteiger partial charge in [-0.25, -0.2) is 25.2 Å². The van der Waals surface area contributed by atoms with Crippen LogP contribution in [0.2, 0.25) is 0 Å². The first-order chi connectivity index (χ1) is 53.2. The molecular weight excluding hydrogens is 1420 g/mol. The number of anilines is 4. The van der Waals surface area contributed by atoms with Crippen LogP contribution in [0.15, 0.2) is 145 Å². The molecule has 2 fully saturated rings. The predicted octanol–water partition coefficient (Wildman–Crippen LogP) is 8.91. The van der Waals surface area contributed by atoms with Gasteiger partial charge in [0.1, 0.15) is 23.6 Å². The minimum atomic E-state index is -1.01. The molecule has 10 N–H and O–H groups in total. The van der Waals surface area contributed by atoms with Gasteiger partial charge in [-0.15, -0.1) is 17.4 Å². The molecule has 11 rings (SSSR count). The molecule has 6 aromatic carbocycles. The van der Waals surface area contributed by atoms with Gasteiger partial charge in [-0.3, -0.25) is 78.8 Å². The minimum Gasteiger partial charge on any atom is -0.488 e. The van der Waals surface area contributed by atoms with Crippen molar-refractivity contribution in [1.29, 1.82) is 0 Å². The van der Waals surface area contributed by atoms with Gasteiger partial charge >= 0.3 is 12.1 Å². The highest BCUT2D eigenvalue weighted by Crippen LogP contribution is 2.32. The van der Waals surface area contributed by atoms with Crippen LogP contribution < -0.4 is 52.3 Å². The number of benzene rings is 6. The third-order valence-electron chi connectivity index (χ3n) is 17.7. The second kappa shape index (κ2) is 39.7. The van der Waals surface area contributed by atoms with Gasteiger partial charge in [0.05, 0.1) is 34.1 Å². The molecule has 0 aliphatic carbocycles. The van der Waals surface area contributed by atoms with Crippen LogP contribution in [-0.2, 0) is 45.4 Å². The van der Waals surface area contributed by atoms with Crippen molar-refractivity contribution in [3.05, 3.63) is 200 Å². The molecule has 110 heavy (non-hydrogen) atoms. The Hall–Kier alpha value is -13.5. The lowest BCUT2D eigenvalue weighted by atomic mass is 10.0. The Kier molecular flexibility index (Phi) is 29.1. The fraction of sp³-hybridized carbons (Fsp3) is 0.316. The van der Waals surface area contributed by atoms with Crippen LogP contribution in [0.5, 0.6) is 11.5 Å². The number of hydroxylamine groups is 2. The van der Waals surface area contributed by atoms with E-state index in [4.69, 9.17) is 31.8 Å². The SMILES string of the molecule is C#CCCCNc1ccc2c(c1)C(=O)N(C1CCC(=O)NC1=O)C2=O.CCCCN(Cc1ccc(C(=O)NO)cc1)C(=O)Nc1ccc(OCN=[N+]=[N-])cc1.CCCCN(Cc1ccc(C(=O)NO)cc1)C(=O)Nc1ccc(OCn2cc(CCCNc3ccc4c(c3)C(=O)N(C3CCC(=O)NC3=O)C4=O)nn2)cc1. The van der Waals surface area contributed by atoms with Gasteiger partial charge in [-0.2, -0.15) is 0 Å². The van der Waals surface area contributed by atoms with Crippen molar-refractivity contribution in [1.82, 2.24) is 56.2 Å². The number of unbranched alkanes of at least 4 members (excludes halogenated alkanes) is 3. The molecule has 4 aliphatic rings. The molecule has 4 aliphatic heterocycles. The average Bonchev–Trinajstić information content (AvgIpc) is 1.62. The Balaban J connectivity index is 0.000000212. The molecule has 5 heterocycles. The number of hydrogen-bond acceptors (Lipinski definition) is 21. The number of hydrogen-bond donors (Lipinski definition) is 10. The van der Waals surface area contributed by atoms with Crippen LogP contribution in [0, 0.1) is 12.3 Å². The van der Waals surface area contributed by atoms with Crippen molar-refractivity contribution >= 4 is 93.9 Å². The zero-order valence-corrected chi connectivity index (χ0v) is 60.2. The van der Waals surface area contributed by atoms with Crippen LogP contribution in [0.25, 0.3) is 10.4 Å². The second-order valence-corrected chi connectivity index (χ2v) is 25.4. The number of aryl methyl sites for hydroxylation is 1. The lowest BCUT2D eigenvalue weighted by Crippen LogP contribution is -2.54. The standard InChI is InChI=1S/C38H41N9O8.C20H24N6O4.C18H17N3O4/c1-2-3-19-45(21-24-6-8-25(9-7-24)34(49)43-54)38(53)40-26-10-13-29(14-11-26)55-23-46-22-28(42-44-46)5-4-18-39-27-12-15-30-31(20-27)37(52)47(36(30)51)32-16-17-33(48)41-35(32)50;1-2-3-12-26(13-15-4-6-16(7-5-15)19(27)24-29)20(28)23-17-8-10-18(11-9-17)30-14-22-25-21;1-2-3-4-9-19-11-5-6-12-13(10-11)18(25)21(17(12)24)14-7-8-15(22)20-16(14)23/h6-15,20,22,32,39,54H,2-5,16-19,21,23H2,1H3,(H,40,53)(H,43,49)(H,41,48,50);4-11,29H,2-3,12-14H2,1H3,(H,23,28)(H,24,27);1,5-6,10,14,19H,3-4,7-9H2,(H,20,22,23). The Labute approximate surface area is 631 Å². The third-order valence-corrected chi connectivity index (χ3v) is 17.7. The number of amides is 14. The fourth-order valence-electron chi connectivity index (χ4n) is 11.8. The van der Waals surface area contributed by atoms with Crippen molar-refractivity contribution in [2.45, 2.75) is 123 Å². The summed E-state index contributed by atoms with van der Waals surface area (Å²) in [6, 6.07) is 34.4. The van der Waals surface area contributed by atoms with Gasteiger partial charge < -0.3 is 40.5 Å². The number of azide groups is 1. The van der Waals surface area contributed by atoms with Gasteiger partial charge in [-0.05, 0) is 171 Å². The zero-order chi connectivity index (χ0) is 78.6. The summed E-state index contributed by atoms with van der Waals surface area (Å²) in [5.74, 6) is -1.74. The molecule has 34 nitrogen and oxygen atoms in total. The molecule has 2 unspecified atom stereocenters. The van der Waals surface area contributed by atoms with Crippen LogP contribution in [-0.4, -0.2) is 161 Å². The van der Waals surface area contributed by atoms with E-state index in [9.17, 15) is 57.5 Å². The summed E-state index contributed by atoms with van der Waals surface area (Å²) >= 11 is 0. The monoisotopic (exact) mass is 1500 g/mol. The Bertz CT molecular complexity index is 4620. The molecule has 0 saturated carbocycles. The fourth-order valence-corrected chi connectivity index (χ4v) is 11.8. The predicted molar refractivity (Wildman–Crippen MR) is 398 cm³/mol. The van der Waals surface area contributed by atoms with E-state index in [1.54, 1.807) is 165 Å². The smallest absolute Gasteiger partial charge is 0.322 e. The lowest BCUT2D eigenvalue weighted by Gasteiger charge is -2.27. The topological polar surface area (TPSA) is 452 Å². The van der Waals surface area contributed by atoms with Crippen LogP contribution in [0.4, 0.5) is 32.3 Å². The van der Waals surface area contributed by atoms with Gasteiger partial charge in [0, 0.05) is 97.3 Å². The van der Waals surface area contributed by atoms with E-state index >= 15 is 0 Å². The van der Waals surface area contributed by atoms with Crippen molar-refractivity contribution in [3.63, 3.8) is 0 Å². The van der Waals surface area contributed by atoms with E-state index < -0.39 is 71.2 Å². The number of aromatic nitrogens is 3. The van der Waals surface area contributed by atoms with E-state index in [0.717, 1.165) is 58.7 Å². The first-order valence-corrected chi connectivity index (χ1v) is 35.4. The number of carbonyl (C=O) groups excluding carboxylic acids is 12. The van der Waals surface area contributed by atoms with Gasteiger partial charge in [0.25, 0.3) is 35.4 Å². The average molecular weight is 1500 g/mol. The zero-order valence-electron chi connectivity index (χ0n) is 60.2. The van der Waals surface area contributed by atoms with Crippen molar-refractivity contribution in [3.8, 4) is 23.8 Å². The molecule has 0 radical (unpaired) electrons. The second-order valence-electron chi connectivity index (χ2n) is 25.4. The summed E-state index contributed by atoms with van der Waals surface area (Å²) in [7, 11) is 0. The van der Waals surface area contributed by atoms with Crippen molar-refractivity contribution < 1.29 is 77.4 Å². The number of imide groups is 4. The molecule has 7 aromatic rings. The van der Waals surface area contributed by atoms with Gasteiger partial charge in [-0.1, -0.05) is 61.3 Å². The maximum atomic E-state index is 13.2.